The Balaban J connectivity index is 1.49. The lowest BCUT2D eigenvalue weighted by atomic mass is 9.87. The molecular formula is C27H33NO4. The first kappa shape index (κ1) is 22.4. The molecule has 0 bridgehead atoms. The van der Waals surface area contributed by atoms with Gasteiger partial charge in [-0.25, -0.2) is 9.69 Å². The van der Waals surface area contributed by atoms with Crippen LogP contribution in [0.2, 0.25) is 0 Å². The average Bonchev–Trinajstić information content (AvgIpc) is 3.55. The summed E-state index contributed by atoms with van der Waals surface area (Å²) in [5.74, 6) is 1.31. The number of rotatable bonds is 8. The summed E-state index contributed by atoms with van der Waals surface area (Å²) in [7, 11) is 0. The number of hydrogen-bond acceptors (Lipinski definition) is 4. The number of hydrogen-bond donors (Lipinski definition) is 0. The first-order valence-corrected chi connectivity index (χ1v) is 11.6. The highest BCUT2D eigenvalue weighted by molar-refractivity contribution is 5.94. The second-order valence-electron chi connectivity index (χ2n) is 9.92. The fraction of sp³-hybridized carbons (Fsp3) is 0.481. The molecule has 0 aromatic heterocycles. The van der Waals surface area contributed by atoms with Gasteiger partial charge >= 0.3 is 6.09 Å². The summed E-state index contributed by atoms with van der Waals surface area (Å²) in [5.41, 5.74) is 1.53. The van der Waals surface area contributed by atoms with Crippen LogP contribution in [-0.2, 0) is 16.1 Å². The van der Waals surface area contributed by atoms with Gasteiger partial charge in [-0.1, -0.05) is 56.3 Å². The molecule has 2 fully saturated rings. The van der Waals surface area contributed by atoms with E-state index >= 15 is 0 Å². The third-order valence-electron chi connectivity index (χ3n) is 6.56. The molecule has 2 aliphatic rings. The molecule has 0 N–H and O–H groups in total. The van der Waals surface area contributed by atoms with E-state index in [0.29, 0.717) is 18.9 Å². The fourth-order valence-corrected chi connectivity index (χ4v) is 5.03. The van der Waals surface area contributed by atoms with E-state index in [2.05, 4.69) is 6.07 Å². The summed E-state index contributed by atoms with van der Waals surface area (Å²) in [5, 5.41) is 0. The Labute approximate surface area is 190 Å². The maximum atomic E-state index is 13.4. The first-order chi connectivity index (χ1) is 15.3. The molecule has 5 nitrogen and oxygen atoms in total. The van der Waals surface area contributed by atoms with E-state index in [9.17, 15) is 9.59 Å². The van der Waals surface area contributed by atoms with E-state index in [4.69, 9.17) is 9.47 Å². The van der Waals surface area contributed by atoms with Crippen molar-refractivity contribution in [2.24, 2.45) is 11.8 Å². The van der Waals surface area contributed by atoms with E-state index in [1.165, 1.54) is 4.90 Å². The van der Waals surface area contributed by atoms with Gasteiger partial charge in [-0.2, -0.15) is 0 Å². The van der Waals surface area contributed by atoms with Crippen molar-refractivity contribution in [1.29, 1.82) is 0 Å². The van der Waals surface area contributed by atoms with Gasteiger partial charge in [0.15, 0.2) is 0 Å². The number of amides is 2. The Morgan fingerprint density at radius 3 is 2.50 bits per heavy atom. The average molecular weight is 436 g/mol. The highest BCUT2D eigenvalue weighted by Crippen LogP contribution is 2.46. The van der Waals surface area contributed by atoms with Gasteiger partial charge in [-0.15, -0.1) is 0 Å². The molecule has 5 heteroatoms. The van der Waals surface area contributed by atoms with Gasteiger partial charge in [0.25, 0.3) is 0 Å². The van der Waals surface area contributed by atoms with Gasteiger partial charge in [0.2, 0.25) is 5.91 Å². The molecule has 1 aliphatic heterocycles. The summed E-state index contributed by atoms with van der Waals surface area (Å²) in [4.78, 5) is 27.3. The van der Waals surface area contributed by atoms with E-state index in [1.54, 1.807) is 0 Å². The summed E-state index contributed by atoms with van der Waals surface area (Å²) >= 11 is 0. The predicted octanol–water partition coefficient (Wildman–Crippen LogP) is 5.93. The number of nitrogens with zero attached hydrogens (tertiary/aromatic N) is 1. The molecule has 2 atom stereocenters. The molecule has 1 heterocycles. The van der Waals surface area contributed by atoms with E-state index in [-0.39, 0.29) is 23.8 Å². The smallest absolute Gasteiger partial charge is 0.417 e. The molecule has 2 aromatic rings. The normalized spacial score (nSPS) is 20.8. The lowest BCUT2D eigenvalue weighted by Crippen LogP contribution is -2.48. The van der Waals surface area contributed by atoms with Crippen LogP contribution in [0.3, 0.4) is 0 Å². The van der Waals surface area contributed by atoms with Crippen molar-refractivity contribution in [3.05, 3.63) is 65.7 Å². The van der Waals surface area contributed by atoms with Crippen molar-refractivity contribution in [3.63, 3.8) is 0 Å². The zero-order chi connectivity index (χ0) is 22.9. The van der Waals surface area contributed by atoms with Gasteiger partial charge < -0.3 is 9.47 Å². The minimum atomic E-state index is -0.679. The highest BCUT2D eigenvalue weighted by atomic mass is 16.6. The number of carbonyl (C=O) groups is 2. The van der Waals surface area contributed by atoms with Crippen LogP contribution in [0.4, 0.5) is 4.79 Å². The second kappa shape index (κ2) is 8.97. The van der Waals surface area contributed by atoms with Crippen molar-refractivity contribution >= 4 is 12.0 Å². The molecule has 0 radical (unpaired) electrons. The molecular weight excluding hydrogens is 402 g/mol. The Hall–Kier alpha value is -2.82. The van der Waals surface area contributed by atoms with E-state index < -0.39 is 11.7 Å². The predicted molar refractivity (Wildman–Crippen MR) is 123 cm³/mol. The number of benzene rings is 2. The molecule has 2 amide bonds. The maximum Gasteiger partial charge on any atom is 0.417 e. The van der Waals surface area contributed by atoms with Crippen molar-refractivity contribution in [1.82, 2.24) is 4.90 Å². The van der Waals surface area contributed by atoms with Crippen molar-refractivity contribution < 1.29 is 19.1 Å². The van der Waals surface area contributed by atoms with Crippen LogP contribution in [0, 0.1) is 11.8 Å². The van der Waals surface area contributed by atoms with Crippen molar-refractivity contribution in [3.8, 4) is 5.75 Å². The summed E-state index contributed by atoms with van der Waals surface area (Å²) < 4.78 is 11.6. The van der Waals surface area contributed by atoms with Gasteiger partial charge in [-0.3, -0.25) is 4.79 Å². The molecule has 1 saturated carbocycles. The zero-order valence-corrected chi connectivity index (χ0v) is 19.4. The van der Waals surface area contributed by atoms with Crippen LogP contribution in [0.1, 0.15) is 64.0 Å². The highest BCUT2D eigenvalue weighted by Gasteiger charge is 2.52. The van der Waals surface area contributed by atoms with Crippen molar-refractivity contribution in [2.75, 3.05) is 0 Å². The van der Waals surface area contributed by atoms with Crippen LogP contribution in [-0.4, -0.2) is 28.5 Å². The SMILES string of the molecule is CC(C)[C@@H]1N(C(=O)CC(c2cccc(OCc3ccccc3)c2)C2CC2)C(=O)OC1(C)C. The standard InChI is InChI=1S/C27H33NO4/c1-18(2)25-27(3,4)32-26(30)28(25)24(29)16-23(20-13-14-20)21-11-8-12-22(15-21)31-17-19-9-6-5-7-10-19/h5-12,15,18,20,23,25H,13-14,16-17H2,1-4H3/t23?,25-/m0/s1. The van der Waals surface area contributed by atoms with Gasteiger partial charge in [0.1, 0.15) is 18.0 Å². The first-order valence-electron chi connectivity index (χ1n) is 11.6. The van der Waals surface area contributed by atoms with E-state index in [1.807, 2.05) is 76.2 Å². The molecule has 2 aromatic carbocycles. The summed E-state index contributed by atoms with van der Waals surface area (Å²) in [6.07, 6.45) is 2.00. The second-order valence-corrected chi connectivity index (χ2v) is 9.92. The number of imide groups is 1. The zero-order valence-electron chi connectivity index (χ0n) is 19.4. The number of ether oxygens (including phenoxy) is 2. The van der Waals surface area contributed by atoms with Crippen LogP contribution >= 0.6 is 0 Å². The fourth-order valence-electron chi connectivity index (χ4n) is 5.03. The van der Waals surface area contributed by atoms with Crippen LogP contribution in [0.15, 0.2) is 54.6 Å². The monoisotopic (exact) mass is 435 g/mol. The van der Waals surface area contributed by atoms with Crippen LogP contribution in [0.25, 0.3) is 0 Å². The Morgan fingerprint density at radius 2 is 1.84 bits per heavy atom. The molecule has 1 unspecified atom stereocenters. The molecule has 32 heavy (non-hydrogen) atoms. The van der Waals surface area contributed by atoms with Gasteiger partial charge in [-0.05, 0) is 67.7 Å². The Bertz CT molecular complexity index is 965. The topological polar surface area (TPSA) is 55.8 Å². The van der Waals surface area contributed by atoms with Gasteiger partial charge in [0.05, 0.1) is 6.04 Å². The molecule has 1 aliphatic carbocycles. The Morgan fingerprint density at radius 1 is 1.12 bits per heavy atom. The third kappa shape index (κ3) is 4.82. The maximum absolute atomic E-state index is 13.4. The summed E-state index contributed by atoms with van der Waals surface area (Å²) in [6, 6.07) is 17.9. The molecule has 4 rings (SSSR count). The van der Waals surface area contributed by atoms with Crippen LogP contribution in [0.5, 0.6) is 5.75 Å². The quantitative estimate of drug-likeness (QED) is 0.516. The minimum absolute atomic E-state index is 0.0760. The lowest BCUT2D eigenvalue weighted by Gasteiger charge is -2.31. The van der Waals surface area contributed by atoms with E-state index in [0.717, 1.165) is 29.7 Å². The molecule has 170 valence electrons. The van der Waals surface area contributed by atoms with Gasteiger partial charge in [0, 0.05) is 6.42 Å². The summed E-state index contributed by atoms with van der Waals surface area (Å²) in [6.45, 7) is 8.33. The third-order valence-corrected chi connectivity index (χ3v) is 6.56. The molecule has 1 saturated heterocycles. The van der Waals surface area contributed by atoms with Crippen molar-refractivity contribution in [2.45, 2.75) is 71.1 Å². The molecule has 0 spiro atoms. The number of cyclic esters (lactones) is 1. The Kier molecular flexibility index (Phi) is 6.27. The largest absolute Gasteiger partial charge is 0.489 e. The number of carbonyl (C=O) groups excluding carboxylic acids is 2. The minimum Gasteiger partial charge on any atom is -0.489 e. The lowest BCUT2D eigenvalue weighted by molar-refractivity contribution is -0.131. The van der Waals surface area contributed by atoms with Crippen LogP contribution < -0.4 is 4.74 Å².